The van der Waals surface area contributed by atoms with Crippen LogP contribution in [0, 0.1) is 5.92 Å². The third-order valence-corrected chi connectivity index (χ3v) is 5.90. The molecule has 1 N–H and O–H groups in total. The zero-order chi connectivity index (χ0) is 22.2. The lowest BCUT2D eigenvalue weighted by atomic mass is 9.86. The van der Waals surface area contributed by atoms with Gasteiger partial charge in [-0.1, -0.05) is 106 Å². The molecular weight excluding hydrogens is 384 g/mol. The van der Waals surface area contributed by atoms with E-state index in [4.69, 9.17) is 0 Å². The largest absolute Gasteiger partial charge is 0.478 e. The van der Waals surface area contributed by atoms with Crippen molar-refractivity contribution in [3.8, 4) is 11.1 Å². The van der Waals surface area contributed by atoms with E-state index < -0.39 is 5.97 Å². The Morgan fingerprint density at radius 3 is 2.13 bits per heavy atom. The van der Waals surface area contributed by atoms with Gasteiger partial charge in [-0.3, -0.25) is 4.79 Å². The average Bonchev–Trinajstić information content (AvgIpc) is 2.81. The molecule has 0 aliphatic heterocycles. The Labute approximate surface area is 184 Å². The fraction of sp³-hybridized carbons (Fsp3) is 0.286. The van der Waals surface area contributed by atoms with Gasteiger partial charge < -0.3 is 5.11 Å². The first-order valence-corrected chi connectivity index (χ1v) is 11.1. The summed E-state index contributed by atoms with van der Waals surface area (Å²) in [6, 6.07) is 22.0. The number of hydrogen-bond acceptors (Lipinski definition) is 2. The molecular formula is C28H30O3. The maximum absolute atomic E-state index is 12.7. The lowest BCUT2D eigenvalue weighted by Crippen LogP contribution is -2.08. The SMILES string of the molecule is CCCCC(CC)Cc1cccc(C(=O)O)c1-c1ccc(C(=O)c2ccccc2)cc1. The van der Waals surface area contributed by atoms with Gasteiger partial charge in [0.15, 0.2) is 5.78 Å². The summed E-state index contributed by atoms with van der Waals surface area (Å²) in [5, 5.41) is 9.82. The number of carboxylic acids is 1. The second-order valence-corrected chi connectivity index (χ2v) is 8.04. The number of carboxylic acid groups (broad SMARTS) is 1. The molecule has 0 aliphatic carbocycles. The summed E-state index contributed by atoms with van der Waals surface area (Å²) in [6.07, 6.45) is 5.42. The maximum Gasteiger partial charge on any atom is 0.336 e. The first-order valence-electron chi connectivity index (χ1n) is 11.1. The van der Waals surface area contributed by atoms with Crippen molar-refractivity contribution in [1.82, 2.24) is 0 Å². The minimum atomic E-state index is -0.928. The lowest BCUT2D eigenvalue weighted by Gasteiger charge is -2.19. The number of unbranched alkanes of at least 4 members (excludes halogenated alkanes) is 1. The number of aromatic carboxylic acids is 1. The van der Waals surface area contributed by atoms with Gasteiger partial charge in [0.25, 0.3) is 0 Å². The third kappa shape index (κ3) is 5.49. The van der Waals surface area contributed by atoms with Crippen LogP contribution >= 0.6 is 0 Å². The van der Waals surface area contributed by atoms with Crippen molar-refractivity contribution in [2.75, 3.05) is 0 Å². The van der Waals surface area contributed by atoms with E-state index in [1.807, 2.05) is 42.5 Å². The highest BCUT2D eigenvalue weighted by Crippen LogP contribution is 2.32. The number of carbonyl (C=O) groups excluding carboxylic acids is 1. The number of carbonyl (C=O) groups is 2. The van der Waals surface area contributed by atoms with Crippen LogP contribution in [-0.2, 0) is 6.42 Å². The Bertz CT molecular complexity index is 1020. The molecule has 0 aliphatic rings. The van der Waals surface area contributed by atoms with Crippen LogP contribution in [0.15, 0.2) is 72.8 Å². The van der Waals surface area contributed by atoms with Crippen LogP contribution in [0.5, 0.6) is 0 Å². The van der Waals surface area contributed by atoms with Crippen LogP contribution in [0.3, 0.4) is 0 Å². The Kier molecular flexibility index (Phi) is 7.77. The van der Waals surface area contributed by atoms with Crippen LogP contribution in [0.1, 0.15) is 71.4 Å². The number of ketones is 1. The Morgan fingerprint density at radius 2 is 1.52 bits per heavy atom. The van der Waals surface area contributed by atoms with Crippen molar-refractivity contribution in [1.29, 1.82) is 0 Å². The minimum Gasteiger partial charge on any atom is -0.478 e. The number of rotatable bonds is 10. The molecule has 3 heteroatoms. The highest BCUT2D eigenvalue weighted by Gasteiger charge is 2.19. The van der Waals surface area contributed by atoms with E-state index in [-0.39, 0.29) is 5.78 Å². The molecule has 0 radical (unpaired) electrons. The molecule has 1 unspecified atom stereocenters. The van der Waals surface area contributed by atoms with Gasteiger partial charge >= 0.3 is 5.97 Å². The predicted molar refractivity (Wildman–Crippen MR) is 126 cm³/mol. The summed E-state index contributed by atoms with van der Waals surface area (Å²) in [7, 11) is 0. The molecule has 160 valence electrons. The molecule has 0 bridgehead atoms. The second kappa shape index (κ2) is 10.7. The van der Waals surface area contributed by atoms with Gasteiger partial charge in [0.05, 0.1) is 5.56 Å². The summed E-state index contributed by atoms with van der Waals surface area (Å²) in [6.45, 7) is 4.40. The zero-order valence-electron chi connectivity index (χ0n) is 18.3. The summed E-state index contributed by atoms with van der Waals surface area (Å²) in [5.41, 5.74) is 4.21. The molecule has 3 aromatic carbocycles. The van der Waals surface area contributed by atoms with Crippen molar-refractivity contribution in [2.24, 2.45) is 5.92 Å². The standard InChI is InChI=1S/C28H30O3/c1-3-5-10-20(4-2)19-24-13-9-14-25(28(30)31)26(24)21-15-17-23(18-16-21)27(29)22-11-7-6-8-12-22/h6-9,11-18,20H,3-5,10,19H2,1-2H3,(H,30,31). The Hall–Kier alpha value is -3.20. The third-order valence-electron chi connectivity index (χ3n) is 5.90. The molecule has 3 nitrogen and oxygen atoms in total. The topological polar surface area (TPSA) is 54.4 Å². The molecule has 31 heavy (non-hydrogen) atoms. The van der Waals surface area contributed by atoms with E-state index in [2.05, 4.69) is 13.8 Å². The normalized spacial score (nSPS) is 11.8. The molecule has 0 heterocycles. The van der Waals surface area contributed by atoms with E-state index in [9.17, 15) is 14.7 Å². The monoisotopic (exact) mass is 414 g/mol. The highest BCUT2D eigenvalue weighted by atomic mass is 16.4. The van der Waals surface area contributed by atoms with Crippen molar-refractivity contribution < 1.29 is 14.7 Å². The van der Waals surface area contributed by atoms with Crippen LogP contribution in [0.2, 0.25) is 0 Å². The second-order valence-electron chi connectivity index (χ2n) is 8.04. The van der Waals surface area contributed by atoms with E-state index in [1.165, 1.54) is 6.42 Å². The molecule has 0 aromatic heterocycles. The molecule has 0 spiro atoms. The van der Waals surface area contributed by atoms with Gasteiger partial charge in [-0.05, 0) is 35.1 Å². The fourth-order valence-electron chi connectivity index (χ4n) is 4.09. The van der Waals surface area contributed by atoms with Gasteiger partial charge in [-0.2, -0.15) is 0 Å². The molecule has 1 atom stereocenters. The van der Waals surface area contributed by atoms with Crippen molar-refractivity contribution >= 4 is 11.8 Å². The average molecular weight is 415 g/mol. The van der Waals surface area contributed by atoms with E-state index in [0.717, 1.165) is 42.4 Å². The van der Waals surface area contributed by atoms with Crippen molar-refractivity contribution in [2.45, 2.75) is 46.0 Å². The number of benzene rings is 3. The molecule has 3 aromatic rings. The van der Waals surface area contributed by atoms with Gasteiger partial charge in [0, 0.05) is 11.1 Å². The van der Waals surface area contributed by atoms with E-state index in [1.54, 1.807) is 30.3 Å². The predicted octanol–water partition coefficient (Wildman–Crippen LogP) is 7.04. The van der Waals surface area contributed by atoms with Gasteiger partial charge in [-0.15, -0.1) is 0 Å². The highest BCUT2D eigenvalue weighted by molar-refractivity contribution is 6.09. The van der Waals surface area contributed by atoms with E-state index >= 15 is 0 Å². The van der Waals surface area contributed by atoms with Crippen LogP contribution < -0.4 is 0 Å². The summed E-state index contributed by atoms with van der Waals surface area (Å²) < 4.78 is 0. The number of hydrogen-bond donors (Lipinski definition) is 1. The van der Waals surface area contributed by atoms with Crippen LogP contribution in [0.4, 0.5) is 0 Å². The van der Waals surface area contributed by atoms with Crippen LogP contribution in [-0.4, -0.2) is 16.9 Å². The minimum absolute atomic E-state index is 0.0375. The smallest absolute Gasteiger partial charge is 0.336 e. The lowest BCUT2D eigenvalue weighted by molar-refractivity contribution is 0.0697. The van der Waals surface area contributed by atoms with E-state index in [0.29, 0.717) is 22.6 Å². The fourth-order valence-corrected chi connectivity index (χ4v) is 4.09. The molecule has 0 amide bonds. The summed E-state index contributed by atoms with van der Waals surface area (Å²) >= 11 is 0. The molecule has 0 saturated carbocycles. The Morgan fingerprint density at radius 1 is 0.839 bits per heavy atom. The Balaban J connectivity index is 1.97. The maximum atomic E-state index is 12.7. The molecule has 0 saturated heterocycles. The zero-order valence-corrected chi connectivity index (χ0v) is 18.3. The van der Waals surface area contributed by atoms with Crippen LogP contribution in [0.25, 0.3) is 11.1 Å². The van der Waals surface area contributed by atoms with Gasteiger partial charge in [-0.25, -0.2) is 4.79 Å². The van der Waals surface area contributed by atoms with Gasteiger partial charge in [0.2, 0.25) is 0 Å². The molecule has 3 rings (SSSR count). The summed E-state index contributed by atoms with van der Waals surface area (Å²) in [4.78, 5) is 24.7. The first kappa shape index (κ1) is 22.5. The quantitative estimate of drug-likeness (QED) is 0.362. The summed E-state index contributed by atoms with van der Waals surface area (Å²) in [5.74, 6) is -0.436. The van der Waals surface area contributed by atoms with Crippen molar-refractivity contribution in [3.05, 3.63) is 95.1 Å². The first-order chi connectivity index (χ1) is 15.0. The van der Waals surface area contributed by atoms with Crippen molar-refractivity contribution in [3.63, 3.8) is 0 Å². The molecule has 0 fully saturated rings. The van der Waals surface area contributed by atoms with Gasteiger partial charge in [0.1, 0.15) is 0 Å².